The van der Waals surface area contributed by atoms with Crippen LogP contribution in [0.25, 0.3) is 11.2 Å². The summed E-state index contributed by atoms with van der Waals surface area (Å²) >= 11 is 0. The first kappa shape index (κ1) is 15.1. The fraction of sp³-hybridized carbons (Fsp3) is 0.312. The summed E-state index contributed by atoms with van der Waals surface area (Å²) in [6.45, 7) is 2.98. The SMILES string of the molecule is CCCn1c(=O)[nH]c(=O)c2c1ncn2Cc1ccc(OC)cc1. The Morgan fingerprint density at radius 3 is 2.61 bits per heavy atom. The quantitative estimate of drug-likeness (QED) is 0.771. The third kappa shape index (κ3) is 2.77. The highest BCUT2D eigenvalue weighted by Gasteiger charge is 2.13. The molecule has 0 amide bonds. The van der Waals surface area contributed by atoms with Crippen LogP contribution in [0.2, 0.25) is 0 Å². The zero-order valence-electron chi connectivity index (χ0n) is 13.1. The number of aromatic amines is 1. The number of hydrogen-bond donors (Lipinski definition) is 1. The average Bonchev–Trinajstić information content (AvgIpc) is 2.96. The minimum Gasteiger partial charge on any atom is -0.497 e. The second kappa shape index (κ2) is 6.12. The van der Waals surface area contributed by atoms with Gasteiger partial charge in [0.2, 0.25) is 0 Å². The van der Waals surface area contributed by atoms with Gasteiger partial charge in [-0.2, -0.15) is 0 Å². The van der Waals surface area contributed by atoms with Crippen molar-refractivity contribution in [3.05, 3.63) is 57.0 Å². The molecule has 3 aromatic rings. The summed E-state index contributed by atoms with van der Waals surface area (Å²) in [6, 6.07) is 7.60. The van der Waals surface area contributed by atoms with E-state index in [-0.39, 0.29) is 0 Å². The first-order chi connectivity index (χ1) is 11.1. The van der Waals surface area contributed by atoms with Crippen molar-refractivity contribution in [1.29, 1.82) is 0 Å². The maximum Gasteiger partial charge on any atom is 0.330 e. The summed E-state index contributed by atoms with van der Waals surface area (Å²) in [6.07, 6.45) is 2.38. The van der Waals surface area contributed by atoms with Crippen LogP contribution in [0, 0.1) is 0 Å². The minimum atomic E-state index is -0.418. The molecule has 0 bridgehead atoms. The van der Waals surface area contributed by atoms with Gasteiger partial charge in [-0.15, -0.1) is 0 Å². The van der Waals surface area contributed by atoms with Crippen LogP contribution in [0.3, 0.4) is 0 Å². The van der Waals surface area contributed by atoms with Gasteiger partial charge in [0.15, 0.2) is 11.2 Å². The Morgan fingerprint density at radius 1 is 1.22 bits per heavy atom. The Kier molecular flexibility index (Phi) is 4.01. The number of nitrogens with zero attached hydrogens (tertiary/aromatic N) is 3. The van der Waals surface area contributed by atoms with Crippen LogP contribution in [0.15, 0.2) is 40.2 Å². The number of aromatic nitrogens is 4. The molecule has 0 radical (unpaired) electrons. The van der Waals surface area contributed by atoms with Crippen LogP contribution in [-0.4, -0.2) is 26.2 Å². The van der Waals surface area contributed by atoms with Gasteiger partial charge in [0.1, 0.15) is 5.75 Å². The number of nitrogens with one attached hydrogen (secondary N) is 1. The number of methoxy groups -OCH3 is 1. The van der Waals surface area contributed by atoms with Gasteiger partial charge in [0, 0.05) is 13.1 Å². The van der Waals surface area contributed by atoms with E-state index in [9.17, 15) is 9.59 Å². The van der Waals surface area contributed by atoms with Gasteiger partial charge in [0.05, 0.1) is 13.4 Å². The molecule has 0 unspecified atom stereocenters. The van der Waals surface area contributed by atoms with Gasteiger partial charge in [-0.05, 0) is 24.1 Å². The van der Waals surface area contributed by atoms with Crippen molar-refractivity contribution in [2.45, 2.75) is 26.4 Å². The number of H-pyrrole nitrogens is 1. The molecule has 0 saturated carbocycles. The lowest BCUT2D eigenvalue weighted by Gasteiger charge is -2.07. The molecule has 0 fully saturated rings. The topological polar surface area (TPSA) is 81.9 Å². The lowest BCUT2D eigenvalue weighted by molar-refractivity contribution is 0.414. The van der Waals surface area contributed by atoms with Gasteiger partial charge in [0.25, 0.3) is 5.56 Å². The van der Waals surface area contributed by atoms with Gasteiger partial charge in [-0.25, -0.2) is 9.78 Å². The first-order valence-corrected chi connectivity index (χ1v) is 7.45. The summed E-state index contributed by atoms with van der Waals surface area (Å²) in [5.41, 5.74) is 1.02. The van der Waals surface area contributed by atoms with Crippen molar-refractivity contribution in [3.63, 3.8) is 0 Å². The third-order valence-electron chi connectivity index (χ3n) is 3.71. The van der Waals surface area contributed by atoms with Crippen molar-refractivity contribution in [2.75, 3.05) is 7.11 Å². The molecule has 2 aromatic heterocycles. The number of ether oxygens (including phenoxy) is 1. The van der Waals surface area contributed by atoms with E-state index in [0.29, 0.717) is 24.3 Å². The smallest absolute Gasteiger partial charge is 0.330 e. The van der Waals surface area contributed by atoms with E-state index in [1.165, 1.54) is 4.57 Å². The maximum atomic E-state index is 12.2. The van der Waals surface area contributed by atoms with E-state index in [2.05, 4.69) is 9.97 Å². The van der Waals surface area contributed by atoms with Crippen molar-refractivity contribution in [3.8, 4) is 5.75 Å². The molecule has 0 aliphatic carbocycles. The minimum absolute atomic E-state index is 0.411. The molecule has 0 atom stereocenters. The average molecular weight is 314 g/mol. The third-order valence-corrected chi connectivity index (χ3v) is 3.71. The normalized spacial score (nSPS) is 11.0. The molecule has 1 N–H and O–H groups in total. The second-order valence-corrected chi connectivity index (χ2v) is 5.30. The molecule has 0 saturated heterocycles. The van der Waals surface area contributed by atoms with Crippen LogP contribution in [-0.2, 0) is 13.1 Å². The van der Waals surface area contributed by atoms with Gasteiger partial charge >= 0.3 is 5.69 Å². The molecule has 1 aromatic carbocycles. The molecule has 2 heterocycles. The highest BCUT2D eigenvalue weighted by molar-refractivity contribution is 5.70. The molecule has 0 aliphatic heterocycles. The summed E-state index contributed by atoms with van der Waals surface area (Å²) < 4.78 is 8.39. The van der Waals surface area contributed by atoms with E-state index >= 15 is 0 Å². The molecule has 0 aliphatic rings. The molecule has 23 heavy (non-hydrogen) atoms. The molecule has 0 spiro atoms. The van der Waals surface area contributed by atoms with Crippen molar-refractivity contribution < 1.29 is 4.74 Å². The Labute approximate surface area is 132 Å². The zero-order chi connectivity index (χ0) is 16.4. The number of aryl methyl sites for hydroxylation is 1. The Bertz CT molecular complexity index is 935. The van der Waals surface area contributed by atoms with Gasteiger partial charge in [-0.3, -0.25) is 14.3 Å². The van der Waals surface area contributed by atoms with Crippen LogP contribution in [0.5, 0.6) is 5.75 Å². The molecular weight excluding hydrogens is 296 g/mol. The standard InChI is InChI=1S/C16H18N4O3/c1-3-8-20-14-13(15(21)18-16(20)22)19(10-17-14)9-11-4-6-12(23-2)7-5-11/h4-7,10H,3,8-9H2,1-2H3,(H,18,21,22). The van der Waals surface area contributed by atoms with E-state index in [0.717, 1.165) is 17.7 Å². The number of benzene rings is 1. The number of fused-ring (bicyclic) bond motifs is 1. The van der Waals surface area contributed by atoms with Gasteiger partial charge in [-0.1, -0.05) is 19.1 Å². The predicted octanol–water partition coefficient (Wildman–Crippen LogP) is 1.35. The summed E-state index contributed by atoms with van der Waals surface area (Å²) in [5.74, 6) is 0.777. The van der Waals surface area contributed by atoms with Crippen LogP contribution < -0.4 is 16.0 Å². The highest BCUT2D eigenvalue weighted by atomic mass is 16.5. The molecular formula is C16H18N4O3. The zero-order valence-corrected chi connectivity index (χ0v) is 13.1. The lowest BCUT2D eigenvalue weighted by Crippen LogP contribution is -2.31. The van der Waals surface area contributed by atoms with Crippen LogP contribution >= 0.6 is 0 Å². The fourth-order valence-corrected chi connectivity index (χ4v) is 2.60. The molecule has 120 valence electrons. The largest absolute Gasteiger partial charge is 0.497 e. The van der Waals surface area contributed by atoms with Gasteiger partial charge < -0.3 is 9.30 Å². The number of rotatable bonds is 5. The number of hydrogen-bond acceptors (Lipinski definition) is 4. The van der Waals surface area contributed by atoms with Crippen molar-refractivity contribution in [1.82, 2.24) is 19.1 Å². The summed E-state index contributed by atoms with van der Waals surface area (Å²) in [7, 11) is 1.62. The summed E-state index contributed by atoms with van der Waals surface area (Å²) in [4.78, 5) is 30.7. The number of imidazole rings is 1. The maximum absolute atomic E-state index is 12.2. The second-order valence-electron chi connectivity index (χ2n) is 5.30. The first-order valence-electron chi connectivity index (χ1n) is 7.45. The Balaban J connectivity index is 2.06. The highest BCUT2D eigenvalue weighted by Crippen LogP contribution is 2.14. The van der Waals surface area contributed by atoms with Crippen molar-refractivity contribution >= 4 is 11.2 Å². The molecule has 7 nitrogen and oxygen atoms in total. The van der Waals surface area contributed by atoms with E-state index in [1.54, 1.807) is 18.0 Å². The monoisotopic (exact) mass is 314 g/mol. The van der Waals surface area contributed by atoms with Crippen molar-refractivity contribution in [2.24, 2.45) is 0 Å². The molecule has 7 heteroatoms. The summed E-state index contributed by atoms with van der Waals surface area (Å²) in [5, 5.41) is 0. The van der Waals surface area contributed by atoms with E-state index in [4.69, 9.17) is 4.74 Å². The fourth-order valence-electron chi connectivity index (χ4n) is 2.60. The van der Waals surface area contributed by atoms with Crippen LogP contribution in [0.1, 0.15) is 18.9 Å². The van der Waals surface area contributed by atoms with Crippen LogP contribution in [0.4, 0.5) is 0 Å². The lowest BCUT2D eigenvalue weighted by atomic mass is 10.2. The van der Waals surface area contributed by atoms with E-state index in [1.807, 2.05) is 31.2 Å². The van der Waals surface area contributed by atoms with E-state index < -0.39 is 11.2 Å². The Hall–Kier alpha value is -2.83. The predicted molar refractivity (Wildman–Crippen MR) is 87.0 cm³/mol. The molecule has 3 rings (SSSR count). The Morgan fingerprint density at radius 2 is 1.96 bits per heavy atom.